The summed E-state index contributed by atoms with van der Waals surface area (Å²) in [5.41, 5.74) is 2.96. The summed E-state index contributed by atoms with van der Waals surface area (Å²) in [6.07, 6.45) is 3.92. The molecule has 0 radical (unpaired) electrons. The van der Waals surface area contributed by atoms with Gasteiger partial charge in [-0.25, -0.2) is 4.39 Å². The van der Waals surface area contributed by atoms with Crippen LogP contribution in [-0.2, 0) is 24.4 Å². The SMILES string of the molecule is COCc1c(C(=O)NCc2ccc(CN3CCCCC3)cc2)sc2cccc(F)c12. The Bertz CT molecular complexity index is 1010. The van der Waals surface area contributed by atoms with Gasteiger partial charge in [0.05, 0.1) is 11.5 Å². The van der Waals surface area contributed by atoms with Crippen molar-refractivity contribution in [1.29, 1.82) is 0 Å². The molecule has 0 saturated carbocycles. The number of rotatable bonds is 7. The molecule has 1 aliphatic heterocycles. The number of hydrogen-bond donors (Lipinski definition) is 1. The highest BCUT2D eigenvalue weighted by molar-refractivity contribution is 7.21. The van der Waals surface area contributed by atoms with E-state index in [1.54, 1.807) is 13.2 Å². The van der Waals surface area contributed by atoms with Gasteiger partial charge in [-0.2, -0.15) is 0 Å². The van der Waals surface area contributed by atoms with Crippen LogP contribution in [0.5, 0.6) is 0 Å². The molecule has 1 aromatic heterocycles. The number of nitrogens with one attached hydrogen (secondary N) is 1. The molecule has 4 rings (SSSR count). The molecular formula is C24H27FN2O2S. The molecule has 158 valence electrons. The third-order valence-electron chi connectivity index (χ3n) is 5.59. The highest BCUT2D eigenvalue weighted by Crippen LogP contribution is 2.33. The zero-order chi connectivity index (χ0) is 20.9. The van der Waals surface area contributed by atoms with E-state index in [1.807, 2.05) is 6.07 Å². The quantitative estimate of drug-likeness (QED) is 0.571. The van der Waals surface area contributed by atoms with Gasteiger partial charge in [-0.15, -0.1) is 11.3 Å². The minimum atomic E-state index is -0.320. The molecule has 0 aliphatic carbocycles. The molecule has 0 spiro atoms. The van der Waals surface area contributed by atoms with Crippen molar-refractivity contribution in [3.63, 3.8) is 0 Å². The number of carbonyl (C=O) groups is 1. The van der Waals surface area contributed by atoms with Crippen molar-refractivity contribution in [2.75, 3.05) is 20.2 Å². The maximum atomic E-state index is 14.3. The van der Waals surface area contributed by atoms with E-state index in [9.17, 15) is 9.18 Å². The first-order valence-corrected chi connectivity index (χ1v) is 11.2. The Balaban J connectivity index is 1.42. The van der Waals surface area contributed by atoms with Crippen LogP contribution in [0.15, 0.2) is 42.5 Å². The summed E-state index contributed by atoms with van der Waals surface area (Å²) < 4.78 is 20.3. The van der Waals surface area contributed by atoms with Crippen LogP contribution in [0.1, 0.15) is 45.6 Å². The molecule has 30 heavy (non-hydrogen) atoms. The van der Waals surface area contributed by atoms with Crippen molar-refractivity contribution < 1.29 is 13.9 Å². The molecule has 4 nitrogen and oxygen atoms in total. The number of nitrogens with zero attached hydrogens (tertiary/aromatic N) is 1. The second kappa shape index (κ2) is 9.69. The molecule has 1 N–H and O–H groups in total. The molecule has 1 amide bonds. The predicted molar refractivity (Wildman–Crippen MR) is 119 cm³/mol. The molecule has 6 heteroatoms. The molecule has 1 fully saturated rings. The van der Waals surface area contributed by atoms with Gasteiger partial charge < -0.3 is 10.1 Å². The average molecular weight is 427 g/mol. The van der Waals surface area contributed by atoms with E-state index in [2.05, 4.69) is 34.5 Å². The minimum Gasteiger partial charge on any atom is -0.380 e. The number of halogens is 1. The Morgan fingerprint density at radius 1 is 1.10 bits per heavy atom. The van der Waals surface area contributed by atoms with E-state index in [4.69, 9.17) is 4.74 Å². The Kier molecular flexibility index (Phi) is 6.77. The number of carbonyl (C=O) groups excluding carboxylic acids is 1. The number of likely N-dealkylation sites (tertiary alicyclic amines) is 1. The van der Waals surface area contributed by atoms with Crippen LogP contribution < -0.4 is 5.32 Å². The molecule has 0 unspecified atom stereocenters. The van der Waals surface area contributed by atoms with Crippen LogP contribution in [0.2, 0.25) is 0 Å². The summed E-state index contributed by atoms with van der Waals surface area (Å²) in [5.74, 6) is -0.515. The number of benzene rings is 2. The fourth-order valence-electron chi connectivity index (χ4n) is 4.03. The van der Waals surface area contributed by atoms with E-state index in [0.717, 1.165) is 16.8 Å². The number of ether oxygens (including phenoxy) is 1. The minimum absolute atomic E-state index is 0.194. The Hall–Kier alpha value is -2.28. The lowest BCUT2D eigenvalue weighted by atomic mass is 10.1. The van der Waals surface area contributed by atoms with Crippen LogP contribution >= 0.6 is 11.3 Å². The van der Waals surface area contributed by atoms with Gasteiger partial charge >= 0.3 is 0 Å². The number of thiophene rings is 1. The van der Waals surface area contributed by atoms with Crippen LogP contribution in [0, 0.1) is 5.82 Å². The summed E-state index contributed by atoms with van der Waals surface area (Å²) in [6, 6.07) is 13.3. The number of hydrogen-bond acceptors (Lipinski definition) is 4. The number of methoxy groups -OCH3 is 1. The highest BCUT2D eigenvalue weighted by Gasteiger charge is 2.20. The smallest absolute Gasteiger partial charge is 0.262 e. The average Bonchev–Trinajstić information content (AvgIpc) is 3.14. The van der Waals surface area contributed by atoms with Gasteiger partial charge in [-0.3, -0.25) is 9.69 Å². The van der Waals surface area contributed by atoms with Gasteiger partial charge in [0.1, 0.15) is 5.82 Å². The summed E-state index contributed by atoms with van der Waals surface area (Å²) >= 11 is 1.31. The third kappa shape index (κ3) is 4.72. The van der Waals surface area contributed by atoms with Gasteiger partial charge in [-0.1, -0.05) is 36.8 Å². The zero-order valence-corrected chi connectivity index (χ0v) is 18.1. The summed E-state index contributed by atoms with van der Waals surface area (Å²) in [6.45, 7) is 3.98. The summed E-state index contributed by atoms with van der Waals surface area (Å²) in [7, 11) is 1.55. The van der Waals surface area contributed by atoms with E-state index in [-0.39, 0.29) is 18.3 Å². The predicted octanol–water partition coefficient (Wildman–Crippen LogP) is 5.10. The molecule has 0 atom stereocenters. The second-order valence-corrected chi connectivity index (χ2v) is 8.84. The largest absolute Gasteiger partial charge is 0.380 e. The molecule has 3 aromatic rings. The topological polar surface area (TPSA) is 41.6 Å². The van der Waals surface area contributed by atoms with Crippen LogP contribution in [0.3, 0.4) is 0 Å². The molecule has 1 aliphatic rings. The number of amides is 1. The van der Waals surface area contributed by atoms with Crippen LogP contribution in [-0.4, -0.2) is 31.0 Å². The van der Waals surface area contributed by atoms with E-state index in [0.29, 0.717) is 22.4 Å². The van der Waals surface area contributed by atoms with E-state index >= 15 is 0 Å². The first kappa shape index (κ1) is 21.0. The number of fused-ring (bicyclic) bond motifs is 1. The standard InChI is InChI=1S/C24H27FN2O2S/c1-29-16-19-22-20(25)6-5-7-21(22)30-23(19)24(28)26-14-17-8-10-18(11-9-17)15-27-12-3-2-4-13-27/h5-11H,2-4,12-16H2,1H3,(H,26,28). The third-order valence-corrected chi connectivity index (χ3v) is 6.79. The first-order valence-electron chi connectivity index (χ1n) is 10.4. The lowest BCUT2D eigenvalue weighted by molar-refractivity contribution is 0.0950. The maximum Gasteiger partial charge on any atom is 0.262 e. The normalized spacial score (nSPS) is 14.9. The molecule has 1 saturated heterocycles. The summed E-state index contributed by atoms with van der Waals surface area (Å²) in [4.78, 5) is 15.8. The zero-order valence-electron chi connectivity index (χ0n) is 17.2. The maximum absolute atomic E-state index is 14.3. The monoisotopic (exact) mass is 426 g/mol. The van der Waals surface area contributed by atoms with Crippen molar-refractivity contribution in [2.45, 2.75) is 39.0 Å². The molecule has 2 aromatic carbocycles. The molecule has 0 bridgehead atoms. The van der Waals surface area contributed by atoms with Gasteiger partial charge in [0.25, 0.3) is 5.91 Å². The lowest BCUT2D eigenvalue weighted by Crippen LogP contribution is -2.29. The van der Waals surface area contributed by atoms with Gasteiger partial charge in [0, 0.05) is 35.8 Å². The molecule has 2 heterocycles. The Morgan fingerprint density at radius 3 is 2.57 bits per heavy atom. The van der Waals surface area contributed by atoms with Crippen LogP contribution in [0.4, 0.5) is 4.39 Å². The van der Waals surface area contributed by atoms with Crippen molar-refractivity contribution in [3.8, 4) is 0 Å². The van der Waals surface area contributed by atoms with Crippen molar-refractivity contribution >= 4 is 27.3 Å². The lowest BCUT2D eigenvalue weighted by Gasteiger charge is -2.26. The Morgan fingerprint density at radius 2 is 1.83 bits per heavy atom. The van der Waals surface area contributed by atoms with Crippen molar-refractivity contribution in [3.05, 3.63) is 69.8 Å². The Labute approximate surface area is 180 Å². The van der Waals surface area contributed by atoms with Crippen LogP contribution in [0.25, 0.3) is 10.1 Å². The fraction of sp³-hybridized carbons (Fsp3) is 0.375. The van der Waals surface area contributed by atoms with Gasteiger partial charge in [0.15, 0.2) is 0 Å². The van der Waals surface area contributed by atoms with Crippen molar-refractivity contribution in [2.24, 2.45) is 0 Å². The highest BCUT2D eigenvalue weighted by atomic mass is 32.1. The van der Waals surface area contributed by atoms with Gasteiger partial charge in [-0.05, 0) is 49.2 Å². The molecular weight excluding hydrogens is 399 g/mol. The van der Waals surface area contributed by atoms with Crippen molar-refractivity contribution in [1.82, 2.24) is 10.2 Å². The summed E-state index contributed by atoms with van der Waals surface area (Å²) in [5, 5.41) is 3.46. The van der Waals surface area contributed by atoms with Gasteiger partial charge in [0.2, 0.25) is 0 Å². The van der Waals surface area contributed by atoms with E-state index in [1.165, 1.54) is 55.3 Å². The second-order valence-electron chi connectivity index (χ2n) is 7.79. The van der Waals surface area contributed by atoms with E-state index < -0.39 is 0 Å². The first-order chi connectivity index (χ1) is 14.7. The number of piperidine rings is 1. The fourth-order valence-corrected chi connectivity index (χ4v) is 5.17.